The van der Waals surface area contributed by atoms with Gasteiger partial charge in [-0.1, -0.05) is 61.2 Å². The Bertz CT molecular complexity index is 977. The number of hydrogen-bond donors (Lipinski definition) is 0. The number of halogens is 3. The molecule has 3 rings (SSSR count). The average molecular weight is 398 g/mol. The van der Waals surface area contributed by atoms with Gasteiger partial charge in [0.2, 0.25) is 5.76 Å². The highest BCUT2D eigenvalue weighted by Crippen LogP contribution is 2.27. The lowest BCUT2D eigenvalue weighted by Crippen LogP contribution is -2.17. The summed E-state index contributed by atoms with van der Waals surface area (Å²) < 4.78 is 47.2. The molecule has 0 heterocycles. The maximum absolute atomic E-state index is 12.4. The maximum Gasteiger partial charge on any atom is 0.449 e. The first-order valence-corrected chi connectivity index (χ1v) is 8.68. The fourth-order valence-corrected chi connectivity index (χ4v) is 2.51. The van der Waals surface area contributed by atoms with Gasteiger partial charge in [-0.05, 0) is 41.0 Å². The zero-order valence-electron chi connectivity index (χ0n) is 15.3. The van der Waals surface area contributed by atoms with E-state index in [0.717, 1.165) is 16.7 Å². The Balaban J connectivity index is 1.62. The number of ether oxygens (including phenoxy) is 2. The summed E-state index contributed by atoms with van der Waals surface area (Å²) in [4.78, 5) is 11.8. The zero-order valence-corrected chi connectivity index (χ0v) is 15.3. The van der Waals surface area contributed by atoms with E-state index in [2.05, 4.69) is 11.3 Å². The Kier molecular flexibility index (Phi) is 6.02. The van der Waals surface area contributed by atoms with Gasteiger partial charge in [-0.2, -0.15) is 13.2 Å². The summed E-state index contributed by atoms with van der Waals surface area (Å²) in [7, 11) is 0. The van der Waals surface area contributed by atoms with Crippen LogP contribution in [0.4, 0.5) is 13.2 Å². The molecule has 29 heavy (non-hydrogen) atoms. The summed E-state index contributed by atoms with van der Waals surface area (Å²) in [5.74, 6) is -1.94. The van der Waals surface area contributed by atoms with Crippen molar-refractivity contribution in [1.29, 1.82) is 0 Å². The van der Waals surface area contributed by atoms with Crippen molar-refractivity contribution in [3.63, 3.8) is 0 Å². The van der Waals surface area contributed by atoms with Crippen LogP contribution in [-0.2, 0) is 11.3 Å². The molecule has 0 amide bonds. The molecular formula is C23H17F3O3. The molecule has 0 radical (unpaired) electrons. The van der Waals surface area contributed by atoms with Crippen molar-refractivity contribution in [3.05, 3.63) is 102 Å². The van der Waals surface area contributed by atoms with E-state index in [1.807, 2.05) is 54.6 Å². The number of hydrogen-bond acceptors (Lipinski definition) is 3. The molecule has 0 atom stereocenters. The highest BCUT2D eigenvalue weighted by Gasteiger charge is 2.35. The van der Waals surface area contributed by atoms with Crippen molar-refractivity contribution in [2.24, 2.45) is 0 Å². The van der Waals surface area contributed by atoms with Gasteiger partial charge in [0.05, 0.1) is 5.56 Å². The number of alkyl halides is 3. The Labute approximate surface area is 166 Å². The normalized spacial score (nSPS) is 11.0. The van der Waals surface area contributed by atoms with Crippen LogP contribution in [0.3, 0.4) is 0 Å². The van der Waals surface area contributed by atoms with E-state index in [-0.39, 0.29) is 5.56 Å². The van der Waals surface area contributed by atoms with Crippen molar-refractivity contribution in [1.82, 2.24) is 0 Å². The van der Waals surface area contributed by atoms with E-state index in [1.54, 1.807) is 12.1 Å². The molecule has 0 aliphatic rings. The maximum atomic E-state index is 12.4. The minimum atomic E-state index is -4.78. The number of rotatable bonds is 6. The standard InChI is InChI=1S/C23H17F3O3/c1-16(23(24,25)26)29-22(27)20-9-7-18(8-10-20)19-11-13-21(14-12-19)28-15-17-5-3-2-4-6-17/h2-14H,1,15H2. The quantitative estimate of drug-likeness (QED) is 0.368. The van der Waals surface area contributed by atoms with Crippen LogP contribution in [0.5, 0.6) is 5.75 Å². The van der Waals surface area contributed by atoms with Crippen molar-refractivity contribution < 1.29 is 27.4 Å². The van der Waals surface area contributed by atoms with Gasteiger partial charge < -0.3 is 9.47 Å². The van der Waals surface area contributed by atoms with Crippen LogP contribution < -0.4 is 4.74 Å². The van der Waals surface area contributed by atoms with E-state index in [0.29, 0.717) is 12.4 Å². The second kappa shape index (κ2) is 8.65. The topological polar surface area (TPSA) is 35.5 Å². The largest absolute Gasteiger partial charge is 0.489 e. The van der Waals surface area contributed by atoms with Crippen LogP contribution in [0.1, 0.15) is 15.9 Å². The SMILES string of the molecule is C=C(OC(=O)c1ccc(-c2ccc(OCc3ccccc3)cc2)cc1)C(F)(F)F. The first kappa shape index (κ1) is 20.2. The van der Waals surface area contributed by atoms with Gasteiger partial charge in [-0.25, -0.2) is 4.79 Å². The molecule has 0 fully saturated rings. The van der Waals surface area contributed by atoms with Crippen LogP contribution in [-0.4, -0.2) is 12.1 Å². The van der Waals surface area contributed by atoms with Crippen molar-refractivity contribution in [2.45, 2.75) is 12.8 Å². The van der Waals surface area contributed by atoms with Crippen molar-refractivity contribution in [2.75, 3.05) is 0 Å². The van der Waals surface area contributed by atoms with Crippen LogP contribution in [0.15, 0.2) is 91.2 Å². The Morgan fingerprint density at radius 2 is 1.38 bits per heavy atom. The fraction of sp³-hybridized carbons (Fsp3) is 0.0870. The van der Waals surface area contributed by atoms with Gasteiger partial charge >= 0.3 is 12.1 Å². The summed E-state index contributed by atoms with van der Waals surface area (Å²) in [6.07, 6.45) is -4.78. The van der Waals surface area contributed by atoms with Gasteiger partial charge in [-0.15, -0.1) is 0 Å². The monoisotopic (exact) mass is 398 g/mol. The van der Waals surface area contributed by atoms with E-state index < -0.39 is 17.9 Å². The van der Waals surface area contributed by atoms with Gasteiger partial charge in [0, 0.05) is 0 Å². The van der Waals surface area contributed by atoms with Crippen molar-refractivity contribution >= 4 is 5.97 Å². The number of carbonyl (C=O) groups excluding carboxylic acids is 1. The second-order valence-corrected chi connectivity index (χ2v) is 6.19. The first-order valence-electron chi connectivity index (χ1n) is 8.68. The molecule has 3 aromatic rings. The molecular weight excluding hydrogens is 381 g/mol. The summed E-state index contributed by atoms with van der Waals surface area (Å²) in [6, 6.07) is 23.2. The Morgan fingerprint density at radius 3 is 1.93 bits per heavy atom. The molecule has 0 saturated carbocycles. The zero-order chi connectivity index (χ0) is 20.9. The fourth-order valence-electron chi connectivity index (χ4n) is 2.51. The highest BCUT2D eigenvalue weighted by molar-refractivity contribution is 5.90. The van der Waals surface area contributed by atoms with Crippen LogP contribution in [0.25, 0.3) is 11.1 Å². The molecule has 3 nitrogen and oxygen atoms in total. The molecule has 0 aromatic heterocycles. The molecule has 148 valence electrons. The summed E-state index contributed by atoms with van der Waals surface area (Å²) in [5.41, 5.74) is 2.73. The molecule has 3 aromatic carbocycles. The predicted molar refractivity (Wildman–Crippen MR) is 103 cm³/mol. The first-order chi connectivity index (χ1) is 13.8. The minimum absolute atomic E-state index is 0.00182. The summed E-state index contributed by atoms with van der Waals surface area (Å²) >= 11 is 0. The number of carbonyl (C=O) groups is 1. The molecule has 0 aliphatic carbocycles. The molecule has 0 spiro atoms. The van der Waals surface area contributed by atoms with E-state index >= 15 is 0 Å². The Hall–Kier alpha value is -3.54. The van der Waals surface area contributed by atoms with E-state index in [9.17, 15) is 18.0 Å². The molecule has 0 unspecified atom stereocenters. The third-order valence-electron chi connectivity index (χ3n) is 4.09. The lowest BCUT2D eigenvalue weighted by molar-refractivity contribution is -0.122. The molecule has 0 aliphatic heterocycles. The summed E-state index contributed by atoms with van der Waals surface area (Å²) in [5, 5.41) is 0. The van der Waals surface area contributed by atoms with Gasteiger partial charge in [0.25, 0.3) is 0 Å². The molecule has 0 N–H and O–H groups in total. The minimum Gasteiger partial charge on any atom is -0.489 e. The lowest BCUT2D eigenvalue weighted by Gasteiger charge is -2.10. The number of allylic oxidation sites excluding steroid dienone is 1. The number of esters is 1. The number of benzene rings is 3. The second-order valence-electron chi connectivity index (χ2n) is 6.19. The predicted octanol–water partition coefficient (Wildman–Crippen LogP) is 6.17. The van der Waals surface area contributed by atoms with Crippen LogP contribution in [0, 0.1) is 0 Å². The van der Waals surface area contributed by atoms with Gasteiger partial charge in [0.1, 0.15) is 12.4 Å². The third kappa shape index (κ3) is 5.48. The summed E-state index contributed by atoms with van der Waals surface area (Å²) in [6.45, 7) is 3.18. The Morgan fingerprint density at radius 1 is 0.828 bits per heavy atom. The average Bonchev–Trinajstić information content (AvgIpc) is 2.73. The van der Waals surface area contributed by atoms with E-state index in [4.69, 9.17) is 4.74 Å². The smallest absolute Gasteiger partial charge is 0.449 e. The van der Waals surface area contributed by atoms with E-state index in [1.165, 1.54) is 12.1 Å². The lowest BCUT2D eigenvalue weighted by atomic mass is 10.0. The van der Waals surface area contributed by atoms with Crippen LogP contribution in [0.2, 0.25) is 0 Å². The van der Waals surface area contributed by atoms with Crippen LogP contribution >= 0.6 is 0 Å². The van der Waals surface area contributed by atoms with Gasteiger partial charge in [0.15, 0.2) is 0 Å². The molecule has 0 saturated heterocycles. The third-order valence-corrected chi connectivity index (χ3v) is 4.09. The molecule has 6 heteroatoms. The highest BCUT2D eigenvalue weighted by atomic mass is 19.4. The molecule has 0 bridgehead atoms. The van der Waals surface area contributed by atoms with Crippen molar-refractivity contribution in [3.8, 4) is 16.9 Å². The van der Waals surface area contributed by atoms with Gasteiger partial charge in [-0.3, -0.25) is 0 Å².